The summed E-state index contributed by atoms with van der Waals surface area (Å²) in [5, 5.41) is 8.87. The lowest BCUT2D eigenvalue weighted by Gasteiger charge is -2.28. The quantitative estimate of drug-likeness (QED) is 0.824. The van der Waals surface area contributed by atoms with Crippen LogP contribution in [0.2, 0.25) is 0 Å². The van der Waals surface area contributed by atoms with Gasteiger partial charge in [-0.25, -0.2) is 0 Å². The Balaban J connectivity index is 1.70. The number of ether oxygens (including phenoxy) is 1. The third-order valence-corrected chi connectivity index (χ3v) is 3.99. The van der Waals surface area contributed by atoms with Crippen molar-refractivity contribution in [3.63, 3.8) is 0 Å². The molecule has 0 aromatic heterocycles. The molecule has 2 rings (SSSR count). The van der Waals surface area contributed by atoms with Crippen molar-refractivity contribution in [3.8, 4) is 11.8 Å². The SMILES string of the molecule is CC(C)c1ccc(OCCN2CCC(C#N)CC2)cc1. The fourth-order valence-corrected chi connectivity index (χ4v) is 2.53. The van der Waals surface area contributed by atoms with Gasteiger partial charge in [0.05, 0.1) is 6.07 Å². The standard InChI is InChI=1S/C17H24N2O/c1-14(2)16-3-5-17(6-4-16)20-12-11-19-9-7-15(13-18)8-10-19/h3-6,14-15H,7-12H2,1-2H3. The Morgan fingerprint density at radius 1 is 1.25 bits per heavy atom. The highest BCUT2D eigenvalue weighted by atomic mass is 16.5. The van der Waals surface area contributed by atoms with Gasteiger partial charge in [-0.1, -0.05) is 26.0 Å². The lowest BCUT2D eigenvalue weighted by Crippen LogP contribution is -2.36. The van der Waals surface area contributed by atoms with Crippen LogP contribution in [0.15, 0.2) is 24.3 Å². The second-order valence-corrected chi connectivity index (χ2v) is 5.82. The molecular formula is C17H24N2O. The Labute approximate surface area is 122 Å². The minimum atomic E-state index is 0.260. The number of piperidine rings is 1. The molecule has 1 aliphatic rings. The lowest BCUT2D eigenvalue weighted by molar-refractivity contribution is 0.169. The highest BCUT2D eigenvalue weighted by molar-refractivity contribution is 5.28. The highest BCUT2D eigenvalue weighted by Gasteiger charge is 2.18. The molecule has 108 valence electrons. The van der Waals surface area contributed by atoms with Crippen molar-refractivity contribution in [2.75, 3.05) is 26.2 Å². The number of hydrogen-bond acceptors (Lipinski definition) is 3. The van der Waals surface area contributed by atoms with E-state index in [1.54, 1.807) is 0 Å². The number of benzene rings is 1. The van der Waals surface area contributed by atoms with Gasteiger partial charge < -0.3 is 4.74 Å². The first-order chi connectivity index (χ1) is 9.69. The monoisotopic (exact) mass is 272 g/mol. The molecular weight excluding hydrogens is 248 g/mol. The summed E-state index contributed by atoms with van der Waals surface area (Å²) in [5.74, 6) is 1.77. The van der Waals surface area contributed by atoms with E-state index in [0.717, 1.165) is 44.8 Å². The van der Waals surface area contributed by atoms with Crippen molar-refractivity contribution in [1.29, 1.82) is 5.26 Å². The predicted octanol–water partition coefficient (Wildman–Crippen LogP) is 3.42. The van der Waals surface area contributed by atoms with E-state index in [1.807, 2.05) is 0 Å². The summed E-state index contributed by atoms with van der Waals surface area (Å²) in [5.41, 5.74) is 1.34. The smallest absolute Gasteiger partial charge is 0.119 e. The molecule has 3 heteroatoms. The van der Waals surface area contributed by atoms with Gasteiger partial charge in [0.25, 0.3) is 0 Å². The first-order valence-corrected chi connectivity index (χ1v) is 7.54. The first-order valence-electron chi connectivity index (χ1n) is 7.54. The van der Waals surface area contributed by atoms with Crippen LogP contribution in [0, 0.1) is 17.2 Å². The average Bonchev–Trinajstić information content (AvgIpc) is 2.48. The Morgan fingerprint density at radius 2 is 1.90 bits per heavy atom. The Kier molecular flexibility index (Phi) is 5.43. The van der Waals surface area contributed by atoms with E-state index in [1.165, 1.54) is 5.56 Å². The van der Waals surface area contributed by atoms with Gasteiger partial charge in [0.2, 0.25) is 0 Å². The molecule has 0 atom stereocenters. The van der Waals surface area contributed by atoms with Crippen molar-refractivity contribution in [2.45, 2.75) is 32.6 Å². The van der Waals surface area contributed by atoms with Crippen LogP contribution in [0.1, 0.15) is 38.2 Å². The van der Waals surface area contributed by atoms with E-state index in [9.17, 15) is 0 Å². The summed E-state index contributed by atoms with van der Waals surface area (Å²) in [6.45, 7) is 8.10. The molecule has 1 aromatic rings. The van der Waals surface area contributed by atoms with Gasteiger partial charge in [0.1, 0.15) is 12.4 Å². The summed E-state index contributed by atoms with van der Waals surface area (Å²) < 4.78 is 5.79. The third kappa shape index (κ3) is 4.25. The van der Waals surface area contributed by atoms with Gasteiger partial charge in [-0.15, -0.1) is 0 Å². The van der Waals surface area contributed by atoms with Crippen LogP contribution < -0.4 is 4.74 Å². The maximum absolute atomic E-state index is 8.87. The van der Waals surface area contributed by atoms with Crippen LogP contribution >= 0.6 is 0 Å². The third-order valence-electron chi connectivity index (χ3n) is 3.99. The van der Waals surface area contributed by atoms with E-state index in [0.29, 0.717) is 5.92 Å². The molecule has 0 spiro atoms. The summed E-state index contributed by atoms with van der Waals surface area (Å²) in [4.78, 5) is 2.39. The van der Waals surface area contributed by atoms with Crippen molar-refractivity contribution in [3.05, 3.63) is 29.8 Å². The number of hydrogen-bond donors (Lipinski definition) is 0. The minimum Gasteiger partial charge on any atom is -0.492 e. The van der Waals surface area contributed by atoms with E-state index in [2.05, 4.69) is 49.1 Å². The number of likely N-dealkylation sites (tertiary alicyclic amines) is 1. The lowest BCUT2D eigenvalue weighted by atomic mass is 9.99. The predicted molar refractivity (Wildman–Crippen MR) is 80.8 cm³/mol. The molecule has 1 fully saturated rings. The van der Waals surface area contributed by atoms with Crippen molar-refractivity contribution in [1.82, 2.24) is 4.90 Å². The first kappa shape index (κ1) is 14.9. The van der Waals surface area contributed by atoms with Crippen molar-refractivity contribution < 1.29 is 4.74 Å². The Morgan fingerprint density at radius 3 is 2.45 bits per heavy atom. The molecule has 1 aliphatic heterocycles. The molecule has 0 amide bonds. The maximum Gasteiger partial charge on any atom is 0.119 e. The Bertz CT molecular complexity index is 439. The fraction of sp³-hybridized carbons (Fsp3) is 0.588. The summed E-state index contributed by atoms with van der Waals surface area (Å²) >= 11 is 0. The van der Waals surface area contributed by atoms with Gasteiger partial charge in [0.15, 0.2) is 0 Å². The van der Waals surface area contributed by atoms with Crippen LogP contribution in [0.5, 0.6) is 5.75 Å². The van der Waals surface area contributed by atoms with Crippen LogP contribution in [-0.4, -0.2) is 31.1 Å². The maximum atomic E-state index is 8.87. The average molecular weight is 272 g/mol. The molecule has 0 radical (unpaired) electrons. The highest BCUT2D eigenvalue weighted by Crippen LogP contribution is 2.19. The second kappa shape index (κ2) is 7.31. The molecule has 1 aromatic carbocycles. The van der Waals surface area contributed by atoms with Crippen LogP contribution in [0.3, 0.4) is 0 Å². The van der Waals surface area contributed by atoms with Gasteiger partial charge in [-0.05, 0) is 49.5 Å². The molecule has 0 saturated carbocycles. The van der Waals surface area contributed by atoms with Gasteiger partial charge in [-0.2, -0.15) is 5.26 Å². The van der Waals surface area contributed by atoms with E-state index >= 15 is 0 Å². The molecule has 0 N–H and O–H groups in total. The number of nitriles is 1. The van der Waals surface area contributed by atoms with E-state index < -0.39 is 0 Å². The molecule has 3 nitrogen and oxygen atoms in total. The largest absolute Gasteiger partial charge is 0.492 e. The summed E-state index contributed by atoms with van der Waals surface area (Å²) in [6, 6.07) is 10.7. The zero-order valence-corrected chi connectivity index (χ0v) is 12.5. The second-order valence-electron chi connectivity index (χ2n) is 5.82. The fourth-order valence-electron chi connectivity index (χ4n) is 2.53. The van der Waals surface area contributed by atoms with Gasteiger partial charge in [0, 0.05) is 12.5 Å². The van der Waals surface area contributed by atoms with Gasteiger partial charge in [-0.3, -0.25) is 4.90 Å². The molecule has 0 aliphatic carbocycles. The topological polar surface area (TPSA) is 36.3 Å². The molecule has 0 bridgehead atoms. The minimum absolute atomic E-state index is 0.260. The zero-order valence-electron chi connectivity index (χ0n) is 12.5. The van der Waals surface area contributed by atoms with Gasteiger partial charge >= 0.3 is 0 Å². The molecule has 1 heterocycles. The molecule has 1 saturated heterocycles. The molecule has 20 heavy (non-hydrogen) atoms. The number of nitrogens with zero attached hydrogens (tertiary/aromatic N) is 2. The van der Waals surface area contributed by atoms with Crippen molar-refractivity contribution >= 4 is 0 Å². The van der Waals surface area contributed by atoms with Crippen molar-refractivity contribution in [2.24, 2.45) is 5.92 Å². The Hall–Kier alpha value is -1.53. The number of rotatable bonds is 5. The zero-order chi connectivity index (χ0) is 14.4. The van der Waals surface area contributed by atoms with Crippen LogP contribution in [-0.2, 0) is 0 Å². The van der Waals surface area contributed by atoms with Crippen LogP contribution in [0.25, 0.3) is 0 Å². The van der Waals surface area contributed by atoms with E-state index in [4.69, 9.17) is 10.00 Å². The van der Waals surface area contributed by atoms with Crippen LogP contribution in [0.4, 0.5) is 0 Å². The molecule has 0 unspecified atom stereocenters. The van der Waals surface area contributed by atoms with E-state index in [-0.39, 0.29) is 5.92 Å². The summed E-state index contributed by atoms with van der Waals surface area (Å²) in [6.07, 6.45) is 2.00. The normalized spacial score (nSPS) is 17.1. The summed E-state index contributed by atoms with van der Waals surface area (Å²) in [7, 11) is 0.